The van der Waals surface area contributed by atoms with Gasteiger partial charge >= 0.3 is 0 Å². The Balaban J connectivity index is 1.45. The lowest BCUT2D eigenvalue weighted by atomic mass is 9.83. The SMILES string of the molecule is CN(Cc1cccc2cnccc12)C[C@@H]1CCCN2CCCC[C@H]12. The minimum Gasteiger partial charge on any atom is -0.302 e. The molecule has 24 heavy (non-hydrogen) atoms. The van der Waals surface area contributed by atoms with E-state index in [2.05, 4.69) is 46.1 Å². The third-order valence-electron chi connectivity index (χ3n) is 5.99. The van der Waals surface area contributed by atoms with Crippen LogP contribution in [0.1, 0.15) is 37.7 Å². The van der Waals surface area contributed by atoms with Crippen LogP contribution in [0.2, 0.25) is 0 Å². The summed E-state index contributed by atoms with van der Waals surface area (Å²) in [5, 5.41) is 2.60. The first-order chi connectivity index (χ1) is 11.8. The van der Waals surface area contributed by atoms with Gasteiger partial charge in [-0.05, 0) is 68.8 Å². The van der Waals surface area contributed by atoms with Crippen molar-refractivity contribution in [3.8, 4) is 0 Å². The van der Waals surface area contributed by atoms with Crippen molar-refractivity contribution < 1.29 is 0 Å². The minimum atomic E-state index is 0.840. The molecule has 0 aliphatic carbocycles. The van der Waals surface area contributed by atoms with Gasteiger partial charge in [-0.25, -0.2) is 0 Å². The molecular weight excluding hydrogens is 294 g/mol. The first-order valence-corrected chi connectivity index (χ1v) is 9.55. The summed E-state index contributed by atoms with van der Waals surface area (Å²) in [7, 11) is 2.29. The number of piperidine rings is 2. The molecule has 4 rings (SSSR count). The summed E-state index contributed by atoms with van der Waals surface area (Å²) in [5.41, 5.74) is 1.42. The molecule has 2 aromatic rings. The van der Waals surface area contributed by atoms with Crippen LogP contribution in [0.15, 0.2) is 36.7 Å². The Morgan fingerprint density at radius 3 is 3.00 bits per heavy atom. The fourth-order valence-electron chi connectivity index (χ4n) is 4.87. The van der Waals surface area contributed by atoms with Crippen LogP contribution in [0.25, 0.3) is 10.8 Å². The quantitative estimate of drug-likeness (QED) is 0.850. The maximum absolute atomic E-state index is 4.25. The zero-order valence-electron chi connectivity index (χ0n) is 14.8. The van der Waals surface area contributed by atoms with Crippen LogP contribution >= 0.6 is 0 Å². The fraction of sp³-hybridized carbons (Fsp3) is 0.571. The lowest BCUT2D eigenvalue weighted by Gasteiger charge is -2.45. The van der Waals surface area contributed by atoms with Crippen molar-refractivity contribution in [2.75, 3.05) is 26.7 Å². The molecule has 128 valence electrons. The van der Waals surface area contributed by atoms with Gasteiger partial charge in [-0.15, -0.1) is 0 Å². The van der Waals surface area contributed by atoms with E-state index in [1.807, 2.05) is 12.4 Å². The van der Waals surface area contributed by atoms with E-state index >= 15 is 0 Å². The van der Waals surface area contributed by atoms with Crippen molar-refractivity contribution in [1.82, 2.24) is 14.8 Å². The van der Waals surface area contributed by atoms with E-state index in [-0.39, 0.29) is 0 Å². The topological polar surface area (TPSA) is 19.4 Å². The second-order valence-corrected chi connectivity index (χ2v) is 7.71. The normalized spacial score (nSPS) is 25.1. The molecule has 0 saturated carbocycles. The van der Waals surface area contributed by atoms with Gasteiger partial charge in [0.15, 0.2) is 0 Å². The Kier molecular flexibility index (Phi) is 4.81. The predicted molar refractivity (Wildman–Crippen MR) is 100 cm³/mol. The number of aromatic nitrogens is 1. The molecule has 0 spiro atoms. The summed E-state index contributed by atoms with van der Waals surface area (Å²) >= 11 is 0. The van der Waals surface area contributed by atoms with Gasteiger partial charge in [0, 0.05) is 36.9 Å². The van der Waals surface area contributed by atoms with Crippen molar-refractivity contribution in [2.24, 2.45) is 5.92 Å². The third-order valence-corrected chi connectivity index (χ3v) is 5.99. The summed E-state index contributed by atoms with van der Waals surface area (Å²) in [6, 6.07) is 9.59. The first kappa shape index (κ1) is 16.0. The molecule has 1 aromatic heterocycles. The monoisotopic (exact) mass is 323 g/mol. The molecule has 0 bridgehead atoms. The van der Waals surface area contributed by atoms with E-state index in [1.165, 1.54) is 68.1 Å². The van der Waals surface area contributed by atoms with Crippen molar-refractivity contribution in [2.45, 2.75) is 44.7 Å². The standard InChI is InChI=1S/C21H29N3/c1-23(15-18-7-4-6-17-14-22-11-10-20(17)18)16-19-8-5-13-24-12-3-2-9-21(19)24/h4,6-7,10-11,14,19,21H,2-3,5,8-9,12-13,15-16H2,1H3/t19-,21+/m0/s1. The molecule has 2 aliphatic rings. The van der Waals surface area contributed by atoms with Gasteiger partial charge in [-0.2, -0.15) is 0 Å². The zero-order chi connectivity index (χ0) is 16.4. The van der Waals surface area contributed by atoms with Crippen LogP contribution in [0.3, 0.4) is 0 Å². The molecule has 0 N–H and O–H groups in total. The molecule has 2 fully saturated rings. The predicted octanol–water partition coefficient (Wildman–Crippen LogP) is 3.93. The summed E-state index contributed by atoms with van der Waals surface area (Å²) < 4.78 is 0. The Hall–Kier alpha value is -1.45. The van der Waals surface area contributed by atoms with Gasteiger partial charge in [0.1, 0.15) is 0 Å². The Bertz CT molecular complexity index is 676. The van der Waals surface area contributed by atoms with Gasteiger partial charge in [0.05, 0.1) is 0 Å². The second kappa shape index (κ2) is 7.20. The van der Waals surface area contributed by atoms with Gasteiger partial charge in [-0.3, -0.25) is 4.98 Å². The average molecular weight is 323 g/mol. The van der Waals surface area contributed by atoms with Crippen LogP contribution in [0, 0.1) is 5.92 Å². The fourth-order valence-corrected chi connectivity index (χ4v) is 4.87. The van der Waals surface area contributed by atoms with Gasteiger partial charge in [-0.1, -0.05) is 24.6 Å². The lowest BCUT2D eigenvalue weighted by Crippen LogP contribution is -2.50. The van der Waals surface area contributed by atoms with Crippen molar-refractivity contribution in [3.05, 3.63) is 42.2 Å². The zero-order valence-corrected chi connectivity index (χ0v) is 14.8. The number of pyridine rings is 1. The van der Waals surface area contributed by atoms with Gasteiger partial charge in [0.2, 0.25) is 0 Å². The van der Waals surface area contributed by atoms with Crippen LogP contribution in [-0.2, 0) is 6.54 Å². The van der Waals surface area contributed by atoms with E-state index in [9.17, 15) is 0 Å². The summed E-state index contributed by atoms with van der Waals surface area (Å²) in [5.74, 6) is 0.848. The van der Waals surface area contributed by atoms with Crippen LogP contribution < -0.4 is 0 Å². The molecule has 3 heteroatoms. The Morgan fingerprint density at radius 2 is 2.04 bits per heavy atom. The molecule has 0 radical (unpaired) electrons. The summed E-state index contributed by atoms with van der Waals surface area (Å²) in [6.45, 7) is 4.93. The minimum absolute atomic E-state index is 0.840. The largest absolute Gasteiger partial charge is 0.302 e. The molecule has 3 nitrogen and oxygen atoms in total. The molecule has 2 saturated heterocycles. The van der Waals surface area contributed by atoms with E-state index in [1.54, 1.807) is 0 Å². The highest BCUT2D eigenvalue weighted by atomic mass is 15.2. The maximum Gasteiger partial charge on any atom is 0.0346 e. The van der Waals surface area contributed by atoms with Crippen molar-refractivity contribution >= 4 is 10.8 Å². The Morgan fingerprint density at radius 1 is 1.12 bits per heavy atom. The van der Waals surface area contributed by atoms with E-state index in [4.69, 9.17) is 0 Å². The van der Waals surface area contributed by atoms with Crippen LogP contribution in [0.4, 0.5) is 0 Å². The molecule has 3 heterocycles. The summed E-state index contributed by atoms with van der Waals surface area (Å²) in [6.07, 6.45) is 10.9. The van der Waals surface area contributed by atoms with Crippen LogP contribution in [0.5, 0.6) is 0 Å². The molecule has 2 atom stereocenters. The molecule has 2 aliphatic heterocycles. The number of rotatable bonds is 4. The number of nitrogens with zero attached hydrogens (tertiary/aromatic N) is 3. The third kappa shape index (κ3) is 3.33. The molecule has 1 aromatic carbocycles. The number of fused-ring (bicyclic) bond motifs is 2. The highest BCUT2D eigenvalue weighted by Crippen LogP contribution is 2.31. The van der Waals surface area contributed by atoms with Crippen molar-refractivity contribution in [3.63, 3.8) is 0 Å². The van der Waals surface area contributed by atoms with E-state index in [0.717, 1.165) is 18.5 Å². The van der Waals surface area contributed by atoms with Gasteiger partial charge < -0.3 is 9.80 Å². The highest BCUT2D eigenvalue weighted by molar-refractivity contribution is 5.84. The van der Waals surface area contributed by atoms with E-state index in [0.29, 0.717) is 0 Å². The van der Waals surface area contributed by atoms with Crippen molar-refractivity contribution in [1.29, 1.82) is 0 Å². The maximum atomic E-state index is 4.25. The van der Waals surface area contributed by atoms with E-state index < -0.39 is 0 Å². The van der Waals surface area contributed by atoms with Gasteiger partial charge in [0.25, 0.3) is 0 Å². The number of hydrogen-bond acceptors (Lipinski definition) is 3. The lowest BCUT2D eigenvalue weighted by molar-refractivity contribution is 0.0435. The average Bonchev–Trinajstić information content (AvgIpc) is 2.62. The Labute approximate surface area is 145 Å². The number of hydrogen-bond donors (Lipinski definition) is 0. The summed E-state index contributed by atoms with van der Waals surface area (Å²) in [4.78, 5) is 9.57. The smallest absolute Gasteiger partial charge is 0.0346 e. The molecule has 0 unspecified atom stereocenters. The molecular formula is C21H29N3. The number of benzene rings is 1. The highest BCUT2D eigenvalue weighted by Gasteiger charge is 2.33. The van der Waals surface area contributed by atoms with Crippen LogP contribution in [-0.4, -0.2) is 47.5 Å². The second-order valence-electron chi connectivity index (χ2n) is 7.71. The first-order valence-electron chi connectivity index (χ1n) is 9.55. The molecule has 0 amide bonds.